The summed E-state index contributed by atoms with van der Waals surface area (Å²) in [5, 5.41) is 0. The van der Waals surface area contributed by atoms with E-state index in [1.165, 1.54) is 11.1 Å². The van der Waals surface area contributed by atoms with Crippen LogP contribution in [0.1, 0.15) is 22.5 Å². The van der Waals surface area contributed by atoms with E-state index in [4.69, 9.17) is 24.4 Å². The summed E-state index contributed by atoms with van der Waals surface area (Å²) in [4.78, 5) is 14.2. The van der Waals surface area contributed by atoms with Crippen molar-refractivity contribution in [3.05, 3.63) is 101 Å². The van der Waals surface area contributed by atoms with E-state index in [2.05, 4.69) is 24.3 Å². The SMILES string of the molecule is c1ccc(C[C@H]2COC(c3cccc(C4=N[C@H](Cc5ccccc5)CO4)n3)=N2)cc1. The molecule has 2 aromatic carbocycles. The Hall–Kier alpha value is -3.47. The molecule has 0 aliphatic carbocycles. The van der Waals surface area contributed by atoms with Gasteiger partial charge >= 0.3 is 0 Å². The van der Waals surface area contributed by atoms with Crippen LogP contribution in [0.15, 0.2) is 88.8 Å². The van der Waals surface area contributed by atoms with Crippen molar-refractivity contribution in [1.82, 2.24) is 4.98 Å². The summed E-state index contributed by atoms with van der Waals surface area (Å²) in [6.45, 7) is 1.15. The Morgan fingerprint density at radius 3 is 1.53 bits per heavy atom. The van der Waals surface area contributed by atoms with E-state index in [1.807, 2.05) is 54.6 Å². The molecular weight excluding hydrogens is 374 g/mol. The second-order valence-electron chi connectivity index (χ2n) is 7.59. The lowest BCUT2D eigenvalue weighted by Gasteiger charge is -2.04. The maximum absolute atomic E-state index is 5.85. The van der Waals surface area contributed by atoms with Crippen molar-refractivity contribution in [2.45, 2.75) is 24.9 Å². The molecule has 2 atom stereocenters. The van der Waals surface area contributed by atoms with Crippen LogP contribution in [0.4, 0.5) is 0 Å². The molecular formula is C25H23N3O2. The third-order valence-electron chi connectivity index (χ3n) is 5.24. The molecule has 1 aromatic heterocycles. The Bertz CT molecular complexity index is 981. The van der Waals surface area contributed by atoms with Crippen LogP contribution in [-0.4, -0.2) is 42.1 Å². The number of hydrogen-bond acceptors (Lipinski definition) is 5. The van der Waals surface area contributed by atoms with Crippen molar-refractivity contribution in [3.63, 3.8) is 0 Å². The lowest BCUT2D eigenvalue weighted by atomic mass is 10.1. The molecule has 0 radical (unpaired) electrons. The van der Waals surface area contributed by atoms with E-state index in [0.29, 0.717) is 25.0 Å². The molecule has 150 valence electrons. The fourth-order valence-corrected chi connectivity index (χ4v) is 3.77. The molecule has 0 saturated heterocycles. The number of benzene rings is 2. The summed E-state index contributed by atoms with van der Waals surface area (Å²) in [6, 6.07) is 26.7. The monoisotopic (exact) mass is 397 g/mol. The van der Waals surface area contributed by atoms with Crippen LogP contribution in [0.3, 0.4) is 0 Å². The summed E-state index contributed by atoms with van der Waals surface area (Å²) in [6.07, 6.45) is 1.72. The first-order chi connectivity index (χ1) is 14.8. The first-order valence-corrected chi connectivity index (χ1v) is 10.3. The second-order valence-corrected chi connectivity index (χ2v) is 7.59. The van der Waals surface area contributed by atoms with Crippen LogP contribution in [0.25, 0.3) is 0 Å². The number of rotatable bonds is 6. The number of aliphatic imine (C=N–C) groups is 2. The van der Waals surface area contributed by atoms with Crippen LogP contribution in [-0.2, 0) is 22.3 Å². The van der Waals surface area contributed by atoms with Gasteiger partial charge in [0.2, 0.25) is 11.8 Å². The highest BCUT2D eigenvalue weighted by molar-refractivity contribution is 5.97. The summed E-state index contributed by atoms with van der Waals surface area (Å²) in [5.74, 6) is 1.19. The van der Waals surface area contributed by atoms with Gasteiger partial charge in [0.25, 0.3) is 0 Å². The maximum Gasteiger partial charge on any atom is 0.235 e. The van der Waals surface area contributed by atoms with Gasteiger partial charge in [-0.05, 0) is 36.1 Å². The van der Waals surface area contributed by atoms with Crippen molar-refractivity contribution in [2.24, 2.45) is 9.98 Å². The Labute approximate surface area is 176 Å². The van der Waals surface area contributed by atoms with E-state index in [1.54, 1.807) is 0 Å². The fourth-order valence-electron chi connectivity index (χ4n) is 3.77. The lowest BCUT2D eigenvalue weighted by molar-refractivity contribution is 0.314. The fraction of sp³-hybridized carbons (Fsp3) is 0.240. The second kappa shape index (κ2) is 8.49. The Balaban J connectivity index is 1.29. The zero-order valence-electron chi connectivity index (χ0n) is 16.6. The topological polar surface area (TPSA) is 56.1 Å². The van der Waals surface area contributed by atoms with Crippen LogP contribution in [0.2, 0.25) is 0 Å². The number of ether oxygens (including phenoxy) is 2. The average molecular weight is 397 g/mol. The minimum atomic E-state index is 0.114. The zero-order valence-corrected chi connectivity index (χ0v) is 16.6. The Morgan fingerprint density at radius 2 is 1.07 bits per heavy atom. The third kappa shape index (κ3) is 4.25. The standard InChI is InChI=1S/C25H23N3O2/c1-3-8-18(9-4-1)14-20-16-29-24(26-20)22-12-7-13-23(28-22)25-27-21(17-30-25)15-19-10-5-2-6-11-19/h1-13,20-21H,14-17H2/t20-,21+. The van der Waals surface area contributed by atoms with Crippen LogP contribution >= 0.6 is 0 Å². The minimum absolute atomic E-state index is 0.114. The van der Waals surface area contributed by atoms with Crippen LogP contribution < -0.4 is 0 Å². The van der Waals surface area contributed by atoms with Gasteiger partial charge in [0.1, 0.15) is 24.6 Å². The van der Waals surface area contributed by atoms with Gasteiger partial charge < -0.3 is 9.47 Å². The van der Waals surface area contributed by atoms with E-state index in [0.717, 1.165) is 24.2 Å². The molecule has 3 aromatic rings. The van der Waals surface area contributed by atoms with Crippen molar-refractivity contribution in [3.8, 4) is 0 Å². The van der Waals surface area contributed by atoms with E-state index in [9.17, 15) is 0 Å². The highest BCUT2D eigenvalue weighted by Gasteiger charge is 2.24. The Kier molecular flexibility index (Phi) is 5.25. The molecule has 30 heavy (non-hydrogen) atoms. The highest BCUT2D eigenvalue weighted by atomic mass is 16.5. The van der Waals surface area contributed by atoms with Crippen molar-refractivity contribution >= 4 is 11.8 Å². The zero-order chi connectivity index (χ0) is 20.2. The van der Waals surface area contributed by atoms with Crippen molar-refractivity contribution in [2.75, 3.05) is 13.2 Å². The molecule has 2 aliphatic rings. The molecule has 0 unspecified atom stereocenters. The van der Waals surface area contributed by atoms with Crippen LogP contribution in [0, 0.1) is 0 Å². The van der Waals surface area contributed by atoms with Gasteiger partial charge in [0, 0.05) is 0 Å². The molecule has 0 fully saturated rings. The van der Waals surface area contributed by atoms with Gasteiger partial charge in [-0.15, -0.1) is 0 Å². The molecule has 2 aliphatic heterocycles. The lowest BCUT2D eigenvalue weighted by Crippen LogP contribution is -2.11. The first kappa shape index (κ1) is 18.6. The largest absolute Gasteiger partial charge is 0.474 e. The average Bonchev–Trinajstić information content (AvgIpc) is 3.45. The van der Waals surface area contributed by atoms with Gasteiger partial charge in [0.15, 0.2) is 0 Å². The van der Waals surface area contributed by atoms with Gasteiger partial charge in [-0.3, -0.25) is 0 Å². The van der Waals surface area contributed by atoms with Gasteiger partial charge in [0.05, 0.1) is 12.1 Å². The Morgan fingerprint density at radius 1 is 0.600 bits per heavy atom. The quantitative estimate of drug-likeness (QED) is 0.635. The molecule has 3 heterocycles. The summed E-state index contributed by atoms with van der Waals surface area (Å²) in [5.41, 5.74) is 3.97. The molecule has 0 spiro atoms. The van der Waals surface area contributed by atoms with Gasteiger partial charge in [-0.2, -0.15) is 0 Å². The minimum Gasteiger partial charge on any atom is -0.474 e. The molecule has 0 N–H and O–H groups in total. The predicted molar refractivity (Wildman–Crippen MR) is 117 cm³/mol. The molecule has 5 rings (SSSR count). The third-order valence-corrected chi connectivity index (χ3v) is 5.24. The molecule has 0 saturated carbocycles. The summed E-state index contributed by atoms with van der Waals surface area (Å²) in [7, 11) is 0. The molecule has 5 heteroatoms. The predicted octanol–water partition coefficient (Wildman–Crippen LogP) is 3.86. The van der Waals surface area contributed by atoms with E-state index >= 15 is 0 Å². The van der Waals surface area contributed by atoms with E-state index < -0.39 is 0 Å². The normalized spacial score (nSPS) is 20.3. The first-order valence-electron chi connectivity index (χ1n) is 10.3. The van der Waals surface area contributed by atoms with Crippen LogP contribution in [0.5, 0.6) is 0 Å². The maximum atomic E-state index is 5.85. The molecule has 0 bridgehead atoms. The highest BCUT2D eigenvalue weighted by Crippen LogP contribution is 2.18. The van der Waals surface area contributed by atoms with Gasteiger partial charge in [-0.25, -0.2) is 15.0 Å². The van der Waals surface area contributed by atoms with Crippen molar-refractivity contribution in [1.29, 1.82) is 0 Å². The van der Waals surface area contributed by atoms with Gasteiger partial charge in [-0.1, -0.05) is 66.7 Å². The number of aromatic nitrogens is 1. The number of nitrogens with zero attached hydrogens (tertiary/aromatic N) is 3. The number of hydrogen-bond donors (Lipinski definition) is 0. The van der Waals surface area contributed by atoms with E-state index in [-0.39, 0.29) is 12.1 Å². The summed E-state index contributed by atoms with van der Waals surface area (Å²) < 4.78 is 11.7. The van der Waals surface area contributed by atoms with Crippen molar-refractivity contribution < 1.29 is 9.47 Å². The smallest absolute Gasteiger partial charge is 0.235 e. The number of pyridine rings is 1. The molecule has 5 nitrogen and oxygen atoms in total. The summed E-state index contributed by atoms with van der Waals surface area (Å²) >= 11 is 0. The molecule has 0 amide bonds.